The maximum absolute atomic E-state index is 14.1. The van der Waals surface area contributed by atoms with Crippen LogP contribution in [-0.4, -0.2) is 70.1 Å². The molecule has 2 aromatic heterocycles. The molecule has 4 heterocycles. The van der Waals surface area contributed by atoms with Gasteiger partial charge in [0, 0.05) is 50.9 Å². The molecule has 0 aliphatic carbocycles. The van der Waals surface area contributed by atoms with Gasteiger partial charge >= 0.3 is 0 Å². The highest BCUT2D eigenvalue weighted by Gasteiger charge is 2.31. The topological polar surface area (TPSA) is 70.4 Å². The Morgan fingerprint density at radius 2 is 1.56 bits per heavy atom. The van der Waals surface area contributed by atoms with E-state index in [2.05, 4.69) is 20.2 Å². The van der Waals surface area contributed by atoms with Crippen molar-refractivity contribution in [2.24, 2.45) is 5.92 Å². The zero-order valence-corrected chi connectivity index (χ0v) is 19.7. The second kappa shape index (κ2) is 9.40. The van der Waals surface area contributed by atoms with E-state index in [1.807, 2.05) is 47.9 Å². The maximum atomic E-state index is 14.1. The number of anilines is 2. The fourth-order valence-electron chi connectivity index (χ4n) is 4.95. The third kappa shape index (κ3) is 4.47. The molecule has 178 valence electrons. The van der Waals surface area contributed by atoms with Gasteiger partial charge in [0.15, 0.2) is 11.6 Å². The number of aromatic nitrogens is 4. The highest BCUT2D eigenvalue weighted by molar-refractivity contribution is 5.79. The summed E-state index contributed by atoms with van der Waals surface area (Å²) in [6.45, 7) is 8.08. The summed E-state index contributed by atoms with van der Waals surface area (Å²) in [6, 6.07) is 12.8. The van der Waals surface area contributed by atoms with Crippen molar-refractivity contribution in [3.05, 3.63) is 59.7 Å². The fraction of sp³-hybridized carbons (Fsp3) is 0.440. The molecule has 0 radical (unpaired) electrons. The number of piperidine rings is 1. The molecule has 3 aromatic rings. The highest BCUT2D eigenvalue weighted by atomic mass is 19.1. The average Bonchev–Trinajstić information content (AvgIpc) is 3.22. The molecule has 2 fully saturated rings. The Balaban J connectivity index is 1.14. The monoisotopic (exact) mass is 463 g/mol. The molecule has 1 amide bonds. The summed E-state index contributed by atoms with van der Waals surface area (Å²) in [6.07, 6.45) is 1.60. The summed E-state index contributed by atoms with van der Waals surface area (Å²) in [5.41, 5.74) is 2.59. The zero-order chi connectivity index (χ0) is 23.7. The minimum atomic E-state index is -0.208. The van der Waals surface area contributed by atoms with Crippen LogP contribution in [0.1, 0.15) is 24.2 Å². The van der Waals surface area contributed by atoms with Crippen LogP contribution in [-0.2, 0) is 4.79 Å². The molecule has 0 saturated carbocycles. The Kier molecular flexibility index (Phi) is 6.17. The molecular formula is C25H30FN7O. The number of carbonyl (C=O) groups excluding carboxylic acids is 1. The van der Waals surface area contributed by atoms with Gasteiger partial charge in [-0.3, -0.25) is 4.79 Å². The van der Waals surface area contributed by atoms with E-state index in [4.69, 9.17) is 0 Å². The summed E-state index contributed by atoms with van der Waals surface area (Å²) in [5, 5.41) is 13.2. The average molecular weight is 464 g/mol. The molecule has 8 nitrogen and oxygen atoms in total. The number of nitrogens with zero attached hydrogens (tertiary/aromatic N) is 7. The van der Waals surface area contributed by atoms with E-state index in [1.165, 1.54) is 6.07 Å². The number of para-hydroxylation sites is 1. The lowest BCUT2D eigenvalue weighted by Gasteiger charge is -2.39. The first-order valence-electron chi connectivity index (χ1n) is 11.9. The molecule has 9 heteroatoms. The van der Waals surface area contributed by atoms with Gasteiger partial charge in [0.1, 0.15) is 5.82 Å². The number of carbonyl (C=O) groups is 1. The molecule has 2 saturated heterocycles. The Morgan fingerprint density at radius 1 is 0.882 bits per heavy atom. The molecule has 1 aromatic carbocycles. The van der Waals surface area contributed by atoms with Gasteiger partial charge in [0.2, 0.25) is 5.91 Å². The minimum Gasteiger partial charge on any atom is -0.366 e. The van der Waals surface area contributed by atoms with Crippen molar-refractivity contribution in [2.75, 3.05) is 49.1 Å². The molecule has 0 bridgehead atoms. The molecule has 2 aliphatic rings. The zero-order valence-electron chi connectivity index (χ0n) is 19.7. The van der Waals surface area contributed by atoms with Gasteiger partial charge in [-0.15, -0.1) is 10.2 Å². The van der Waals surface area contributed by atoms with Crippen molar-refractivity contribution >= 4 is 17.4 Å². The summed E-state index contributed by atoms with van der Waals surface area (Å²) >= 11 is 0. The quantitative estimate of drug-likeness (QED) is 0.593. The van der Waals surface area contributed by atoms with Crippen LogP contribution >= 0.6 is 0 Å². The largest absolute Gasteiger partial charge is 0.366 e. The molecule has 0 N–H and O–H groups in total. The van der Waals surface area contributed by atoms with Gasteiger partial charge in [-0.05, 0) is 57.0 Å². The first kappa shape index (κ1) is 22.3. The number of amides is 1. The standard InChI is InChI=1S/C25H30FN7O/c1-18-17-19(2)33(29-18)24-8-7-23(27-28-24)31-11-9-20(10-12-31)25(34)32-15-13-30(14-16-32)22-6-4-3-5-21(22)26/h3-8,17,20H,9-16H2,1-2H3. The number of halogens is 1. The van der Waals surface area contributed by atoms with E-state index in [1.54, 1.807) is 16.8 Å². The molecule has 0 atom stereocenters. The first-order valence-corrected chi connectivity index (χ1v) is 11.9. The smallest absolute Gasteiger partial charge is 0.225 e. The summed E-state index contributed by atoms with van der Waals surface area (Å²) in [7, 11) is 0. The Bertz CT molecular complexity index is 1150. The molecule has 34 heavy (non-hydrogen) atoms. The van der Waals surface area contributed by atoms with Gasteiger partial charge < -0.3 is 14.7 Å². The van der Waals surface area contributed by atoms with Crippen molar-refractivity contribution in [1.82, 2.24) is 24.9 Å². The SMILES string of the molecule is Cc1cc(C)n(-c2ccc(N3CCC(C(=O)N4CCN(c5ccccc5F)CC4)CC3)nn2)n1. The van der Waals surface area contributed by atoms with Crippen molar-refractivity contribution in [2.45, 2.75) is 26.7 Å². The second-order valence-electron chi connectivity index (χ2n) is 9.11. The number of aryl methyl sites for hydroxylation is 2. The van der Waals surface area contributed by atoms with Gasteiger partial charge in [-0.1, -0.05) is 12.1 Å². The van der Waals surface area contributed by atoms with Crippen LogP contribution in [0.5, 0.6) is 0 Å². The Labute approximate surface area is 199 Å². The number of hydrogen-bond acceptors (Lipinski definition) is 6. The van der Waals surface area contributed by atoms with Gasteiger partial charge in [0.05, 0.1) is 11.4 Å². The highest BCUT2D eigenvalue weighted by Crippen LogP contribution is 2.25. The molecule has 0 spiro atoms. The third-order valence-electron chi connectivity index (χ3n) is 6.82. The number of hydrogen-bond donors (Lipinski definition) is 0. The van der Waals surface area contributed by atoms with Crippen LogP contribution in [0.15, 0.2) is 42.5 Å². The van der Waals surface area contributed by atoms with E-state index in [-0.39, 0.29) is 17.6 Å². The van der Waals surface area contributed by atoms with Crippen LogP contribution in [0.2, 0.25) is 0 Å². The lowest BCUT2D eigenvalue weighted by molar-refractivity contribution is -0.136. The second-order valence-corrected chi connectivity index (χ2v) is 9.11. The van der Waals surface area contributed by atoms with Crippen LogP contribution in [0, 0.1) is 25.6 Å². The van der Waals surface area contributed by atoms with Crippen LogP contribution < -0.4 is 9.80 Å². The van der Waals surface area contributed by atoms with Crippen molar-refractivity contribution in [3.8, 4) is 5.82 Å². The minimum absolute atomic E-state index is 0.0261. The Morgan fingerprint density at radius 3 is 2.18 bits per heavy atom. The lowest BCUT2D eigenvalue weighted by Crippen LogP contribution is -2.52. The molecule has 2 aliphatic heterocycles. The van der Waals surface area contributed by atoms with E-state index in [0.717, 1.165) is 43.1 Å². The molecular weight excluding hydrogens is 433 g/mol. The molecule has 5 rings (SSSR count). The summed E-state index contributed by atoms with van der Waals surface area (Å²) in [4.78, 5) is 19.3. The van der Waals surface area contributed by atoms with E-state index >= 15 is 0 Å². The van der Waals surface area contributed by atoms with Crippen LogP contribution in [0.4, 0.5) is 15.9 Å². The number of benzene rings is 1. The van der Waals surface area contributed by atoms with E-state index in [0.29, 0.717) is 37.7 Å². The van der Waals surface area contributed by atoms with Crippen LogP contribution in [0.25, 0.3) is 5.82 Å². The van der Waals surface area contributed by atoms with Crippen molar-refractivity contribution in [3.63, 3.8) is 0 Å². The first-order chi connectivity index (χ1) is 16.5. The molecule has 0 unspecified atom stereocenters. The van der Waals surface area contributed by atoms with Gasteiger partial charge in [0.25, 0.3) is 0 Å². The van der Waals surface area contributed by atoms with E-state index in [9.17, 15) is 9.18 Å². The lowest BCUT2D eigenvalue weighted by atomic mass is 9.95. The fourth-order valence-corrected chi connectivity index (χ4v) is 4.95. The van der Waals surface area contributed by atoms with Crippen molar-refractivity contribution in [1.29, 1.82) is 0 Å². The summed E-state index contributed by atoms with van der Waals surface area (Å²) in [5.74, 6) is 1.57. The Hall–Kier alpha value is -3.49. The maximum Gasteiger partial charge on any atom is 0.225 e. The normalized spacial score (nSPS) is 17.3. The predicted molar refractivity (Wildman–Crippen MR) is 129 cm³/mol. The van der Waals surface area contributed by atoms with E-state index < -0.39 is 0 Å². The van der Waals surface area contributed by atoms with Gasteiger partial charge in [-0.25, -0.2) is 9.07 Å². The van der Waals surface area contributed by atoms with Crippen molar-refractivity contribution < 1.29 is 9.18 Å². The summed E-state index contributed by atoms with van der Waals surface area (Å²) < 4.78 is 15.9. The number of piperazine rings is 1. The predicted octanol–water partition coefficient (Wildman–Crippen LogP) is 2.98. The van der Waals surface area contributed by atoms with Gasteiger partial charge in [-0.2, -0.15) is 5.10 Å². The van der Waals surface area contributed by atoms with Crippen LogP contribution in [0.3, 0.4) is 0 Å². The third-order valence-corrected chi connectivity index (χ3v) is 6.82. The number of rotatable bonds is 4.